The average Bonchev–Trinajstić information content (AvgIpc) is 2.67. The predicted molar refractivity (Wildman–Crippen MR) is 47.0 cm³/mol. The van der Waals surface area contributed by atoms with Crippen molar-refractivity contribution >= 4 is 23.6 Å². The van der Waals surface area contributed by atoms with Crippen LogP contribution < -0.4 is 0 Å². The molecule has 2 aliphatic heterocycles. The minimum atomic E-state index is -0.312. The Labute approximate surface area is 85.8 Å². The van der Waals surface area contributed by atoms with E-state index in [4.69, 9.17) is 0 Å². The zero-order chi connectivity index (χ0) is 11.0. The summed E-state index contributed by atoms with van der Waals surface area (Å²) in [5.74, 6) is -1.25. The van der Waals surface area contributed by atoms with Crippen LogP contribution in [0.4, 0.5) is 0 Å². The first-order chi connectivity index (χ1) is 7.09. The van der Waals surface area contributed by atoms with Crippen LogP contribution in [0, 0.1) is 0 Å². The third-order valence-electron chi connectivity index (χ3n) is 2.59. The zero-order valence-corrected chi connectivity index (χ0v) is 8.06. The molecule has 0 saturated carbocycles. The van der Waals surface area contributed by atoms with Gasteiger partial charge in [0.2, 0.25) is 23.6 Å². The number of nitrogens with zero attached hydrogens (tertiary/aromatic N) is 2. The van der Waals surface area contributed by atoms with E-state index >= 15 is 0 Å². The predicted octanol–water partition coefficient (Wildman–Crippen LogP) is -0.758. The number of carbonyl (C=O) groups excluding carboxylic acids is 4. The molecule has 2 heterocycles. The Balaban J connectivity index is 2.08. The molecule has 80 valence electrons. The highest BCUT2D eigenvalue weighted by Gasteiger charge is 2.36. The summed E-state index contributed by atoms with van der Waals surface area (Å²) in [6, 6.07) is 0. The maximum absolute atomic E-state index is 11.2. The van der Waals surface area contributed by atoms with Crippen LogP contribution in [0.1, 0.15) is 25.7 Å². The van der Waals surface area contributed by atoms with Gasteiger partial charge in [0.1, 0.15) is 6.67 Å². The Morgan fingerprint density at radius 3 is 1.20 bits per heavy atom. The number of amides is 4. The van der Waals surface area contributed by atoms with E-state index in [1.54, 1.807) is 0 Å². The molecule has 6 nitrogen and oxygen atoms in total. The highest BCUT2D eigenvalue weighted by Crippen LogP contribution is 2.17. The van der Waals surface area contributed by atoms with Gasteiger partial charge in [0.05, 0.1) is 0 Å². The van der Waals surface area contributed by atoms with Gasteiger partial charge in [-0.1, -0.05) is 0 Å². The van der Waals surface area contributed by atoms with Crippen molar-refractivity contribution in [2.75, 3.05) is 6.67 Å². The number of likely N-dealkylation sites (tertiary alicyclic amines) is 2. The topological polar surface area (TPSA) is 74.8 Å². The smallest absolute Gasteiger partial charge is 0.231 e. The minimum Gasteiger partial charge on any atom is -0.274 e. The second-order valence-electron chi connectivity index (χ2n) is 3.57. The molecule has 6 heteroatoms. The first-order valence-corrected chi connectivity index (χ1v) is 4.76. The lowest BCUT2D eigenvalue weighted by Crippen LogP contribution is -2.43. The number of rotatable bonds is 2. The Morgan fingerprint density at radius 2 is 0.933 bits per heavy atom. The average molecular weight is 210 g/mol. The second kappa shape index (κ2) is 3.45. The summed E-state index contributed by atoms with van der Waals surface area (Å²) in [4.78, 5) is 46.9. The summed E-state index contributed by atoms with van der Waals surface area (Å²) >= 11 is 0. The van der Waals surface area contributed by atoms with E-state index in [0.29, 0.717) is 0 Å². The maximum Gasteiger partial charge on any atom is 0.231 e. The van der Waals surface area contributed by atoms with Gasteiger partial charge in [0, 0.05) is 25.7 Å². The van der Waals surface area contributed by atoms with Crippen molar-refractivity contribution in [2.45, 2.75) is 25.7 Å². The molecule has 0 unspecified atom stereocenters. The first kappa shape index (κ1) is 9.82. The van der Waals surface area contributed by atoms with Crippen molar-refractivity contribution in [1.82, 2.24) is 9.80 Å². The fraction of sp³-hybridized carbons (Fsp3) is 0.556. The highest BCUT2D eigenvalue weighted by molar-refractivity contribution is 6.05. The molecule has 0 aromatic rings. The number of hydrogen-bond donors (Lipinski definition) is 0. The van der Waals surface area contributed by atoms with E-state index < -0.39 is 0 Å². The first-order valence-electron chi connectivity index (χ1n) is 4.76. The monoisotopic (exact) mass is 210 g/mol. The molecule has 2 saturated heterocycles. The molecular formula is C9H10N2O4. The van der Waals surface area contributed by atoms with Crippen LogP contribution >= 0.6 is 0 Å². The minimum absolute atomic E-state index is 0.176. The molecule has 0 aromatic carbocycles. The standard InChI is InChI=1S/C9H10N2O4/c12-6-1-2-7(13)10(6)5-11-8(14)3-4-9(11)15/h1-5H2. The molecule has 0 spiro atoms. The molecule has 2 fully saturated rings. The van der Waals surface area contributed by atoms with E-state index in [-0.39, 0.29) is 56.0 Å². The van der Waals surface area contributed by atoms with Crippen molar-refractivity contribution in [3.8, 4) is 0 Å². The summed E-state index contributed by atoms with van der Waals surface area (Å²) in [6.45, 7) is -0.199. The van der Waals surface area contributed by atoms with Gasteiger partial charge in [0.25, 0.3) is 0 Å². The number of imide groups is 2. The maximum atomic E-state index is 11.2. The van der Waals surface area contributed by atoms with Crippen LogP contribution in [0.3, 0.4) is 0 Å². The Bertz CT molecular complexity index is 297. The van der Waals surface area contributed by atoms with Gasteiger partial charge >= 0.3 is 0 Å². The molecule has 0 aliphatic carbocycles. The second-order valence-corrected chi connectivity index (χ2v) is 3.57. The summed E-state index contributed by atoms with van der Waals surface area (Å²) in [7, 11) is 0. The van der Waals surface area contributed by atoms with Crippen LogP contribution in [0.15, 0.2) is 0 Å². The van der Waals surface area contributed by atoms with E-state index in [0.717, 1.165) is 9.80 Å². The molecule has 2 rings (SSSR count). The third kappa shape index (κ3) is 1.62. The van der Waals surface area contributed by atoms with Gasteiger partial charge in [-0.15, -0.1) is 0 Å². The van der Waals surface area contributed by atoms with Gasteiger partial charge in [-0.05, 0) is 0 Å². The third-order valence-corrected chi connectivity index (χ3v) is 2.59. The molecular weight excluding hydrogens is 200 g/mol. The summed E-state index contributed by atoms with van der Waals surface area (Å²) < 4.78 is 0. The molecule has 0 atom stereocenters. The molecule has 4 amide bonds. The van der Waals surface area contributed by atoms with Crippen LogP contribution in [-0.4, -0.2) is 40.1 Å². The number of carbonyl (C=O) groups is 4. The van der Waals surface area contributed by atoms with Gasteiger partial charge < -0.3 is 0 Å². The fourth-order valence-corrected chi connectivity index (χ4v) is 1.70. The van der Waals surface area contributed by atoms with Crippen LogP contribution in [-0.2, 0) is 19.2 Å². The van der Waals surface area contributed by atoms with Gasteiger partial charge in [-0.3, -0.25) is 29.0 Å². The van der Waals surface area contributed by atoms with Gasteiger partial charge in [-0.2, -0.15) is 0 Å². The van der Waals surface area contributed by atoms with E-state index in [2.05, 4.69) is 0 Å². The number of hydrogen-bond acceptors (Lipinski definition) is 4. The summed E-state index contributed by atoms with van der Waals surface area (Å²) in [5, 5.41) is 0. The Hall–Kier alpha value is -1.72. The molecule has 15 heavy (non-hydrogen) atoms. The lowest BCUT2D eigenvalue weighted by Gasteiger charge is -2.20. The lowest BCUT2D eigenvalue weighted by atomic mass is 10.4. The molecule has 0 bridgehead atoms. The summed E-state index contributed by atoms with van der Waals surface area (Å²) in [6.07, 6.45) is 0.703. The van der Waals surface area contributed by atoms with Crippen molar-refractivity contribution in [1.29, 1.82) is 0 Å². The van der Waals surface area contributed by atoms with Crippen molar-refractivity contribution in [3.63, 3.8) is 0 Å². The van der Waals surface area contributed by atoms with Crippen LogP contribution in [0.2, 0.25) is 0 Å². The fourth-order valence-electron chi connectivity index (χ4n) is 1.70. The Kier molecular flexibility index (Phi) is 2.26. The van der Waals surface area contributed by atoms with E-state index in [9.17, 15) is 19.2 Å². The van der Waals surface area contributed by atoms with Crippen molar-refractivity contribution < 1.29 is 19.2 Å². The van der Waals surface area contributed by atoms with Crippen LogP contribution in [0.5, 0.6) is 0 Å². The zero-order valence-electron chi connectivity index (χ0n) is 8.06. The Morgan fingerprint density at radius 1 is 0.667 bits per heavy atom. The quantitative estimate of drug-likeness (QED) is 0.561. The largest absolute Gasteiger partial charge is 0.274 e. The molecule has 2 aliphatic rings. The van der Waals surface area contributed by atoms with Crippen molar-refractivity contribution in [3.05, 3.63) is 0 Å². The van der Waals surface area contributed by atoms with Gasteiger partial charge in [-0.25, -0.2) is 0 Å². The lowest BCUT2D eigenvalue weighted by molar-refractivity contribution is -0.147. The van der Waals surface area contributed by atoms with Gasteiger partial charge in [0.15, 0.2) is 0 Å². The molecule has 0 radical (unpaired) electrons. The van der Waals surface area contributed by atoms with Crippen LogP contribution in [0.25, 0.3) is 0 Å². The SMILES string of the molecule is O=C1CCC(=O)N1CN1C(=O)CCC1=O. The van der Waals surface area contributed by atoms with E-state index in [1.165, 1.54) is 0 Å². The summed E-state index contributed by atoms with van der Waals surface area (Å²) in [5.41, 5.74) is 0. The van der Waals surface area contributed by atoms with Crippen molar-refractivity contribution in [2.24, 2.45) is 0 Å². The van der Waals surface area contributed by atoms with E-state index in [1.807, 2.05) is 0 Å². The normalized spacial score (nSPS) is 22.1. The highest BCUT2D eigenvalue weighted by atomic mass is 16.2. The molecule has 0 N–H and O–H groups in total. The molecule has 0 aromatic heterocycles.